The van der Waals surface area contributed by atoms with Crippen molar-refractivity contribution < 1.29 is 17.9 Å². The molecule has 0 aliphatic rings. The smallest absolute Gasteiger partial charge is 0.321 e. The van der Waals surface area contributed by atoms with Crippen LogP contribution in [0, 0.1) is 6.92 Å². The van der Waals surface area contributed by atoms with Crippen molar-refractivity contribution >= 4 is 22.1 Å². The van der Waals surface area contributed by atoms with Gasteiger partial charge in [0.1, 0.15) is 6.54 Å². The summed E-state index contributed by atoms with van der Waals surface area (Å²) < 4.78 is 29.9. The van der Waals surface area contributed by atoms with E-state index in [1.54, 1.807) is 6.92 Å². The van der Waals surface area contributed by atoms with E-state index in [0.717, 1.165) is 16.5 Å². The Morgan fingerprint density at radius 1 is 1.32 bits per heavy atom. The Morgan fingerprint density at radius 3 is 2.53 bits per heavy atom. The van der Waals surface area contributed by atoms with E-state index in [-0.39, 0.29) is 13.2 Å². The third-order valence-electron chi connectivity index (χ3n) is 2.24. The van der Waals surface area contributed by atoms with Crippen LogP contribution in [0.1, 0.15) is 18.1 Å². The predicted molar refractivity (Wildman–Crippen MR) is 73.8 cm³/mol. The molecule has 0 aliphatic heterocycles. The summed E-state index contributed by atoms with van der Waals surface area (Å²) in [5, 5.41) is 1.02. The minimum absolute atomic E-state index is 0.222. The largest absolute Gasteiger partial charge is 0.465 e. The fraction of sp³-hybridized carbons (Fsp3) is 0.308. The first kappa shape index (κ1) is 15.4. The molecule has 6 heteroatoms. The number of hydrogen-bond acceptors (Lipinski definition) is 4. The molecule has 1 aromatic rings. The van der Waals surface area contributed by atoms with Gasteiger partial charge in [0.05, 0.1) is 6.61 Å². The fourth-order valence-electron chi connectivity index (χ4n) is 1.27. The van der Waals surface area contributed by atoms with Crippen molar-refractivity contribution in [3.63, 3.8) is 0 Å². The average molecular weight is 283 g/mol. The molecule has 1 aromatic carbocycles. The number of sulfonamides is 1. The molecular formula is C13H17NO4S. The molecular weight excluding hydrogens is 266 g/mol. The Morgan fingerprint density at radius 2 is 1.95 bits per heavy atom. The molecule has 19 heavy (non-hydrogen) atoms. The van der Waals surface area contributed by atoms with Gasteiger partial charge in [-0.25, -0.2) is 13.1 Å². The summed E-state index contributed by atoms with van der Waals surface area (Å²) in [5.74, 6) is -0.602. The maximum absolute atomic E-state index is 11.6. The van der Waals surface area contributed by atoms with Crippen LogP contribution in [0.4, 0.5) is 0 Å². The molecule has 0 spiro atoms. The zero-order valence-electron chi connectivity index (χ0n) is 10.9. The van der Waals surface area contributed by atoms with Crippen LogP contribution in [-0.4, -0.2) is 27.5 Å². The molecule has 1 rings (SSSR count). The average Bonchev–Trinajstić information content (AvgIpc) is 2.36. The van der Waals surface area contributed by atoms with E-state index in [2.05, 4.69) is 9.46 Å². The number of rotatable bonds is 6. The second kappa shape index (κ2) is 7.06. The number of benzene rings is 1. The lowest BCUT2D eigenvalue weighted by Gasteiger charge is -2.02. The van der Waals surface area contributed by atoms with Gasteiger partial charge in [-0.1, -0.05) is 29.8 Å². The summed E-state index contributed by atoms with van der Waals surface area (Å²) in [5.41, 5.74) is 1.87. The number of ether oxygens (including phenoxy) is 1. The normalized spacial score (nSPS) is 11.7. The molecule has 0 saturated carbocycles. The number of hydrogen-bond donors (Lipinski definition) is 1. The number of aryl methyl sites for hydroxylation is 1. The highest BCUT2D eigenvalue weighted by atomic mass is 32.2. The molecule has 0 amide bonds. The van der Waals surface area contributed by atoms with Crippen LogP contribution in [0.5, 0.6) is 0 Å². The van der Waals surface area contributed by atoms with Gasteiger partial charge >= 0.3 is 5.97 Å². The third kappa shape index (κ3) is 6.17. The molecule has 0 aromatic heterocycles. The second-order valence-electron chi connectivity index (χ2n) is 3.88. The highest BCUT2D eigenvalue weighted by molar-refractivity contribution is 7.92. The number of carbonyl (C=O) groups is 1. The number of nitrogens with one attached hydrogen (secondary N) is 1. The first-order chi connectivity index (χ1) is 8.93. The van der Waals surface area contributed by atoms with E-state index in [4.69, 9.17) is 0 Å². The lowest BCUT2D eigenvalue weighted by Crippen LogP contribution is -2.29. The van der Waals surface area contributed by atoms with Gasteiger partial charge in [0.25, 0.3) is 0 Å². The molecule has 0 unspecified atom stereocenters. The van der Waals surface area contributed by atoms with E-state index in [1.165, 1.54) is 6.08 Å². The van der Waals surface area contributed by atoms with Gasteiger partial charge in [-0.2, -0.15) is 0 Å². The zero-order chi connectivity index (χ0) is 14.3. The summed E-state index contributed by atoms with van der Waals surface area (Å²) in [6.45, 7) is 3.46. The van der Waals surface area contributed by atoms with Crippen LogP contribution in [0.3, 0.4) is 0 Å². The van der Waals surface area contributed by atoms with Crippen LogP contribution < -0.4 is 4.72 Å². The van der Waals surface area contributed by atoms with Gasteiger partial charge in [-0.05, 0) is 25.5 Å². The molecule has 5 nitrogen and oxygen atoms in total. The molecule has 0 atom stereocenters. The van der Waals surface area contributed by atoms with E-state index < -0.39 is 16.0 Å². The first-order valence-corrected chi connectivity index (χ1v) is 7.37. The minimum atomic E-state index is -3.63. The van der Waals surface area contributed by atoms with Gasteiger partial charge in [0.15, 0.2) is 0 Å². The van der Waals surface area contributed by atoms with Crippen molar-refractivity contribution in [1.82, 2.24) is 4.72 Å². The van der Waals surface area contributed by atoms with Crippen LogP contribution in [0.15, 0.2) is 29.7 Å². The molecule has 104 valence electrons. The standard InChI is InChI=1S/C13H17NO4S/c1-3-18-13(15)10-14-19(16,17)9-8-12-6-4-11(2)5-7-12/h4-9,14H,3,10H2,1-2H3. The van der Waals surface area contributed by atoms with Crippen molar-refractivity contribution in [3.05, 3.63) is 40.8 Å². The molecule has 0 saturated heterocycles. The van der Waals surface area contributed by atoms with Crippen LogP contribution >= 0.6 is 0 Å². The number of esters is 1. The summed E-state index contributed by atoms with van der Waals surface area (Å²) in [6.07, 6.45) is 1.47. The van der Waals surface area contributed by atoms with Gasteiger partial charge in [-0.15, -0.1) is 0 Å². The van der Waals surface area contributed by atoms with Crippen molar-refractivity contribution in [3.8, 4) is 0 Å². The summed E-state index contributed by atoms with van der Waals surface area (Å²) in [6, 6.07) is 7.40. The number of carbonyl (C=O) groups excluding carboxylic acids is 1. The Labute approximate surface area is 113 Å². The summed E-state index contributed by atoms with van der Waals surface area (Å²) in [4.78, 5) is 11.0. The highest BCUT2D eigenvalue weighted by Gasteiger charge is 2.08. The summed E-state index contributed by atoms with van der Waals surface area (Å²) >= 11 is 0. The van der Waals surface area contributed by atoms with E-state index >= 15 is 0 Å². The highest BCUT2D eigenvalue weighted by Crippen LogP contribution is 2.05. The maximum atomic E-state index is 11.6. The van der Waals surface area contributed by atoms with Crippen molar-refractivity contribution in [2.45, 2.75) is 13.8 Å². The van der Waals surface area contributed by atoms with Gasteiger partial charge < -0.3 is 4.74 Å². The third-order valence-corrected chi connectivity index (χ3v) is 3.28. The lowest BCUT2D eigenvalue weighted by atomic mass is 10.2. The van der Waals surface area contributed by atoms with E-state index in [9.17, 15) is 13.2 Å². The summed E-state index contributed by atoms with van der Waals surface area (Å²) in [7, 11) is -3.63. The minimum Gasteiger partial charge on any atom is -0.465 e. The van der Waals surface area contributed by atoms with Crippen molar-refractivity contribution in [2.75, 3.05) is 13.2 Å². The van der Waals surface area contributed by atoms with Gasteiger partial charge in [0.2, 0.25) is 10.0 Å². The monoisotopic (exact) mass is 283 g/mol. The molecule has 0 heterocycles. The quantitative estimate of drug-likeness (QED) is 0.802. The predicted octanol–water partition coefficient (Wildman–Crippen LogP) is 1.45. The topological polar surface area (TPSA) is 72.5 Å². The fourth-order valence-corrected chi connectivity index (χ4v) is 2.02. The molecule has 1 N–H and O–H groups in total. The van der Waals surface area contributed by atoms with Gasteiger partial charge in [0, 0.05) is 5.41 Å². The second-order valence-corrected chi connectivity index (χ2v) is 5.54. The molecule has 0 radical (unpaired) electrons. The van der Waals surface area contributed by atoms with Crippen molar-refractivity contribution in [1.29, 1.82) is 0 Å². The Kier molecular flexibility index (Phi) is 5.72. The van der Waals surface area contributed by atoms with Crippen LogP contribution in [-0.2, 0) is 19.6 Å². The lowest BCUT2D eigenvalue weighted by molar-refractivity contribution is -0.141. The first-order valence-electron chi connectivity index (χ1n) is 5.83. The zero-order valence-corrected chi connectivity index (χ0v) is 11.7. The van der Waals surface area contributed by atoms with E-state index in [1.807, 2.05) is 31.2 Å². The SMILES string of the molecule is CCOC(=O)CNS(=O)(=O)C=Cc1ccc(C)cc1. The van der Waals surface area contributed by atoms with Crippen LogP contribution in [0.2, 0.25) is 0 Å². The Bertz CT molecular complexity index is 547. The Balaban J connectivity index is 2.59. The molecule has 0 fully saturated rings. The molecule has 0 aliphatic carbocycles. The van der Waals surface area contributed by atoms with Gasteiger partial charge in [-0.3, -0.25) is 4.79 Å². The molecule has 0 bridgehead atoms. The van der Waals surface area contributed by atoms with Crippen molar-refractivity contribution in [2.24, 2.45) is 0 Å². The Hall–Kier alpha value is -1.66. The van der Waals surface area contributed by atoms with Crippen LogP contribution in [0.25, 0.3) is 6.08 Å². The maximum Gasteiger partial charge on any atom is 0.321 e. The van der Waals surface area contributed by atoms with E-state index in [0.29, 0.717) is 0 Å².